The second kappa shape index (κ2) is 11.7. The number of carbonyl (C=O) groups is 1. The second-order valence-electron chi connectivity index (χ2n) is 13.1. The first-order chi connectivity index (χ1) is 19.8. The molecule has 230 valence electrons. The first-order valence-electron chi connectivity index (χ1n) is 15.1. The topological polar surface area (TPSA) is 36.0 Å². The van der Waals surface area contributed by atoms with Crippen LogP contribution in [-0.4, -0.2) is 73.3 Å². The van der Waals surface area contributed by atoms with Crippen LogP contribution in [0.15, 0.2) is 42.5 Å². The predicted molar refractivity (Wildman–Crippen MR) is 157 cm³/mol. The SMILES string of the molecule is COc1ccc([C@@H]2CN(C(C)(C)C)C[C@@]2(F)C(=O)N2CCC(c3ccc(C(F)(F)F)cc3N3CCCCC3)CC2)cc1. The second-order valence-corrected chi connectivity index (χ2v) is 13.1. The molecule has 0 N–H and O–H groups in total. The average molecular weight is 590 g/mol. The van der Waals surface area contributed by atoms with E-state index in [4.69, 9.17) is 4.74 Å². The van der Waals surface area contributed by atoms with Gasteiger partial charge in [-0.15, -0.1) is 0 Å². The van der Waals surface area contributed by atoms with Gasteiger partial charge in [-0.3, -0.25) is 9.69 Å². The highest BCUT2D eigenvalue weighted by Crippen LogP contribution is 2.45. The predicted octanol–water partition coefficient (Wildman–Crippen LogP) is 7.02. The molecule has 42 heavy (non-hydrogen) atoms. The van der Waals surface area contributed by atoms with Crippen LogP contribution < -0.4 is 9.64 Å². The van der Waals surface area contributed by atoms with Crippen molar-refractivity contribution in [2.75, 3.05) is 51.3 Å². The summed E-state index contributed by atoms with van der Waals surface area (Å²) < 4.78 is 63.2. The maximum absolute atomic E-state index is 17.1. The Morgan fingerprint density at radius 3 is 2.14 bits per heavy atom. The van der Waals surface area contributed by atoms with Crippen molar-refractivity contribution < 1.29 is 27.1 Å². The minimum atomic E-state index is -4.41. The van der Waals surface area contributed by atoms with Gasteiger partial charge in [-0.1, -0.05) is 18.2 Å². The maximum Gasteiger partial charge on any atom is 0.416 e. The number of methoxy groups -OCH3 is 1. The number of benzene rings is 2. The zero-order valence-corrected chi connectivity index (χ0v) is 25.1. The number of hydrogen-bond donors (Lipinski definition) is 0. The summed E-state index contributed by atoms with van der Waals surface area (Å²) in [5, 5.41) is 0. The number of amides is 1. The molecule has 0 radical (unpaired) electrons. The smallest absolute Gasteiger partial charge is 0.416 e. The van der Waals surface area contributed by atoms with Crippen molar-refractivity contribution in [2.24, 2.45) is 0 Å². The van der Waals surface area contributed by atoms with E-state index >= 15 is 4.39 Å². The van der Waals surface area contributed by atoms with E-state index in [1.165, 1.54) is 12.1 Å². The Bertz CT molecular complexity index is 1250. The minimum Gasteiger partial charge on any atom is -0.497 e. The first-order valence-corrected chi connectivity index (χ1v) is 15.1. The molecule has 0 saturated carbocycles. The lowest BCUT2D eigenvalue weighted by Gasteiger charge is -2.39. The van der Waals surface area contributed by atoms with Crippen LogP contribution in [0.1, 0.15) is 81.4 Å². The van der Waals surface area contributed by atoms with E-state index < -0.39 is 29.2 Å². The lowest BCUT2D eigenvalue weighted by atomic mass is 9.83. The van der Waals surface area contributed by atoms with Gasteiger partial charge < -0.3 is 14.5 Å². The summed E-state index contributed by atoms with van der Waals surface area (Å²) in [6.07, 6.45) is -0.226. The highest BCUT2D eigenvalue weighted by molar-refractivity contribution is 5.87. The number of alkyl halides is 4. The third kappa shape index (κ3) is 6.12. The van der Waals surface area contributed by atoms with Crippen LogP contribution >= 0.6 is 0 Å². The van der Waals surface area contributed by atoms with Gasteiger partial charge in [0.05, 0.1) is 12.7 Å². The number of ether oxygens (including phenoxy) is 1. The van der Waals surface area contributed by atoms with Crippen molar-refractivity contribution in [3.63, 3.8) is 0 Å². The monoisotopic (exact) mass is 589 g/mol. The van der Waals surface area contributed by atoms with E-state index in [2.05, 4.69) is 4.90 Å². The summed E-state index contributed by atoms with van der Waals surface area (Å²) in [5.41, 5.74) is -0.686. The van der Waals surface area contributed by atoms with Gasteiger partial charge in [0.2, 0.25) is 5.67 Å². The lowest BCUT2D eigenvalue weighted by Crippen LogP contribution is -2.53. The van der Waals surface area contributed by atoms with Crippen molar-refractivity contribution in [3.05, 3.63) is 59.2 Å². The van der Waals surface area contributed by atoms with Gasteiger partial charge in [-0.05, 0) is 94.2 Å². The Kier molecular flexibility index (Phi) is 8.54. The molecule has 3 heterocycles. The Balaban J connectivity index is 1.36. The lowest BCUT2D eigenvalue weighted by molar-refractivity contribution is -0.145. The third-order valence-corrected chi connectivity index (χ3v) is 9.48. The number of piperidine rings is 2. The number of nitrogens with zero attached hydrogens (tertiary/aromatic N) is 3. The van der Waals surface area contributed by atoms with E-state index in [-0.39, 0.29) is 18.0 Å². The third-order valence-electron chi connectivity index (χ3n) is 9.48. The van der Waals surface area contributed by atoms with Crippen LogP contribution in [0.5, 0.6) is 5.75 Å². The number of carbonyl (C=O) groups excluding carboxylic acids is 1. The summed E-state index contributed by atoms with van der Waals surface area (Å²) in [5.74, 6) is -0.420. The largest absolute Gasteiger partial charge is 0.497 e. The maximum atomic E-state index is 17.1. The molecule has 1 amide bonds. The fraction of sp³-hybridized carbons (Fsp3) is 0.606. The highest BCUT2D eigenvalue weighted by atomic mass is 19.4. The molecular weight excluding hydrogens is 546 g/mol. The summed E-state index contributed by atoms with van der Waals surface area (Å²) in [4.78, 5) is 19.7. The van der Waals surface area contributed by atoms with Gasteiger partial charge >= 0.3 is 6.18 Å². The average Bonchev–Trinajstić information content (AvgIpc) is 3.36. The number of anilines is 1. The Morgan fingerprint density at radius 1 is 0.929 bits per heavy atom. The molecule has 0 aliphatic carbocycles. The number of halogens is 4. The Hall–Kier alpha value is -2.81. The molecule has 5 rings (SSSR count). The summed E-state index contributed by atoms with van der Waals surface area (Å²) in [6.45, 7) is 8.78. The van der Waals surface area contributed by atoms with Crippen LogP contribution in [0.3, 0.4) is 0 Å². The van der Waals surface area contributed by atoms with Crippen molar-refractivity contribution in [1.29, 1.82) is 0 Å². The standard InChI is InChI=1S/C33H43F4N3O2/c1-31(2,3)40-21-28(24-8-11-26(42-4)12-9-24)32(34,22-40)30(41)39-18-14-23(15-19-39)27-13-10-25(33(35,36)37)20-29(27)38-16-6-5-7-17-38/h8-13,20,23,28H,5-7,14-19,21-22H2,1-4H3/t28-,32-/m0/s1. The van der Waals surface area contributed by atoms with Crippen LogP contribution in [0.4, 0.5) is 23.2 Å². The van der Waals surface area contributed by atoms with Crippen LogP contribution in [0.25, 0.3) is 0 Å². The van der Waals surface area contributed by atoms with Crippen molar-refractivity contribution in [2.45, 2.75) is 82.1 Å². The fourth-order valence-corrected chi connectivity index (χ4v) is 6.88. The molecule has 3 aliphatic rings. The van der Waals surface area contributed by atoms with E-state index in [9.17, 15) is 18.0 Å². The molecule has 3 saturated heterocycles. The molecule has 2 aromatic carbocycles. The molecule has 3 fully saturated rings. The van der Waals surface area contributed by atoms with Crippen molar-refractivity contribution in [1.82, 2.24) is 9.80 Å². The molecule has 0 spiro atoms. The molecule has 9 heteroatoms. The van der Waals surface area contributed by atoms with Gasteiger partial charge in [0.15, 0.2) is 0 Å². The van der Waals surface area contributed by atoms with E-state index in [1.54, 1.807) is 30.2 Å². The zero-order chi connectivity index (χ0) is 30.3. The minimum absolute atomic E-state index is 0.0101. The van der Waals surface area contributed by atoms with Crippen molar-refractivity contribution >= 4 is 11.6 Å². The molecule has 3 aliphatic heterocycles. The van der Waals surface area contributed by atoms with Crippen LogP contribution in [0, 0.1) is 0 Å². The number of likely N-dealkylation sites (tertiary alicyclic amines) is 2. The van der Waals surface area contributed by atoms with Gasteiger partial charge in [0, 0.05) is 56.4 Å². The molecule has 5 nitrogen and oxygen atoms in total. The Labute approximate surface area is 246 Å². The molecule has 2 atom stereocenters. The summed E-state index contributed by atoms with van der Waals surface area (Å²) >= 11 is 0. The molecule has 0 bridgehead atoms. The highest BCUT2D eigenvalue weighted by Gasteiger charge is 2.57. The number of rotatable bonds is 5. The summed E-state index contributed by atoms with van der Waals surface area (Å²) in [6, 6.07) is 11.4. The fourth-order valence-electron chi connectivity index (χ4n) is 6.88. The van der Waals surface area contributed by atoms with Gasteiger partial charge in [0.1, 0.15) is 5.75 Å². The normalized spacial score (nSPS) is 24.7. The molecular formula is C33H43F4N3O2. The quantitative estimate of drug-likeness (QED) is 0.352. The van der Waals surface area contributed by atoms with Gasteiger partial charge in [0.25, 0.3) is 5.91 Å². The van der Waals surface area contributed by atoms with Crippen molar-refractivity contribution in [3.8, 4) is 5.75 Å². The van der Waals surface area contributed by atoms with E-state index in [0.717, 1.165) is 43.5 Å². The van der Waals surface area contributed by atoms with E-state index in [1.807, 2.05) is 37.8 Å². The van der Waals surface area contributed by atoms with Gasteiger partial charge in [-0.2, -0.15) is 13.2 Å². The number of hydrogen-bond acceptors (Lipinski definition) is 4. The molecule has 0 aromatic heterocycles. The zero-order valence-electron chi connectivity index (χ0n) is 25.1. The van der Waals surface area contributed by atoms with E-state index in [0.29, 0.717) is 43.9 Å². The first kappa shape index (κ1) is 30.6. The summed E-state index contributed by atoms with van der Waals surface area (Å²) in [7, 11) is 1.58. The van der Waals surface area contributed by atoms with Crippen LogP contribution in [0.2, 0.25) is 0 Å². The van der Waals surface area contributed by atoms with Gasteiger partial charge in [-0.25, -0.2) is 4.39 Å². The Morgan fingerprint density at radius 2 is 1.57 bits per heavy atom. The van der Waals surface area contributed by atoms with Crippen LogP contribution in [-0.2, 0) is 11.0 Å². The molecule has 0 unspecified atom stereocenters. The molecule has 2 aromatic rings.